The lowest BCUT2D eigenvalue weighted by Gasteiger charge is -2.21. The predicted molar refractivity (Wildman–Crippen MR) is 113 cm³/mol. The Morgan fingerprint density at radius 1 is 0.643 bits per heavy atom. The third-order valence-corrected chi connectivity index (χ3v) is 4.47. The van der Waals surface area contributed by atoms with Gasteiger partial charge in [-0.05, 0) is 0 Å². The molecule has 12 heteroatoms. The molecule has 3 aliphatic rings. The summed E-state index contributed by atoms with van der Waals surface area (Å²) in [4.78, 5) is 0. The fourth-order valence-corrected chi connectivity index (χ4v) is 2.96. The fourth-order valence-electron chi connectivity index (χ4n) is 2.96. The molecule has 0 aromatic heterocycles. The van der Waals surface area contributed by atoms with Crippen LogP contribution in [0.5, 0.6) is 0 Å². The van der Waals surface area contributed by atoms with Crippen molar-refractivity contribution in [1.82, 2.24) is 42.8 Å². The Kier molecular flexibility index (Phi) is 9.26. The number of rotatable bonds is 6. The highest BCUT2D eigenvalue weighted by molar-refractivity contribution is 5.82. The molecule has 8 N–H and O–H groups in total. The van der Waals surface area contributed by atoms with E-state index >= 15 is 0 Å². The fraction of sp³-hybridized carbons (Fsp3) is 0.750. The molecule has 3 aliphatic heterocycles. The lowest BCUT2D eigenvalue weighted by atomic mass is 10.2. The van der Waals surface area contributed by atoms with Crippen molar-refractivity contribution in [2.45, 2.75) is 18.1 Å². The van der Waals surface area contributed by atoms with E-state index in [0.717, 1.165) is 58.9 Å². The van der Waals surface area contributed by atoms with Crippen molar-refractivity contribution in [3.8, 4) is 0 Å². The zero-order valence-corrected chi connectivity index (χ0v) is 16.1. The maximum atomic E-state index is 4.25. The van der Waals surface area contributed by atoms with Crippen molar-refractivity contribution in [2.75, 3.05) is 58.9 Å². The van der Waals surface area contributed by atoms with Gasteiger partial charge in [-0.1, -0.05) is 0 Å². The van der Waals surface area contributed by atoms with E-state index in [1.165, 1.54) is 0 Å². The standard InChI is InChI=1S/C16H32N12/c1-4-20-13(7-17-1)10-23-26-16(27-24-11-14-8-18-2-5-21-14)28-25-12-15-9-19-3-6-22-15/h10-15,17-22H,1-9H2,(H2,26,27,28)/b23-10+,24-11+,25-12+/t13-,14-,15-/m0/s1. The summed E-state index contributed by atoms with van der Waals surface area (Å²) < 4.78 is 0. The van der Waals surface area contributed by atoms with Gasteiger partial charge in [-0.25, -0.2) is 10.9 Å². The van der Waals surface area contributed by atoms with Gasteiger partial charge in [0.05, 0.1) is 18.1 Å². The first-order chi connectivity index (χ1) is 13.9. The lowest BCUT2D eigenvalue weighted by Crippen LogP contribution is -2.49. The average Bonchev–Trinajstić information content (AvgIpc) is 2.76. The topological polar surface area (TPSA) is 146 Å². The van der Waals surface area contributed by atoms with Crippen LogP contribution in [-0.2, 0) is 0 Å². The molecule has 12 nitrogen and oxygen atoms in total. The molecule has 156 valence electrons. The van der Waals surface area contributed by atoms with Crippen LogP contribution in [0.25, 0.3) is 0 Å². The van der Waals surface area contributed by atoms with Crippen molar-refractivity contribution in [3.05, 3.63) is 0 Å². The summed E-state index contributed by atoms with van der Waals surface area (Å²) in [5.74, 6) is 0.361. The molecular weight excluding hydrogens is 360 g/mol. The van der Waals surface area contributed by atoms with E-state index in [2.05, 4.69) is 63.2 Å². The predicted octanol–water partition coefficient (Wildman–Crippen LogP) is -3.84. The molecule has 3 rings (SSSR count). The normalized spacial score (nSPS) is 29.4. The molecule has 0 radical (unpaired) electrons. The van der Waals surface area contributed by atoms with E-state index in [4.69, 9.17) is 0 Å². The van der Waals surface area contributed by atoms with Crippen molar-refractivity contribution < 1.29 is 0 Å². The molecule has 0 bridgehead atoms. The van der Waals surface area contributed by atoms with E-state index in [1.807, 2.05) is 12.4 Å². The van der Waals surface area contributed by atoms with Gasteiger partial charge in [-0.3, -0.25) is 0 Å². The zero-order valence-electron chi connectivity index (χ0n) is 16.1. The highest BCUT2D eigenvalue weighted by atomic mass is 15.5. The van der Waals surface area contributed by atoms with Gasteiger partial charge in [0.2, 0.25) is 0 Å². The average molecular weight is 393 g/mol. The van der Waals surface area contributed by atoms with Crippen molar-refractivity contribution >= 4 is 24.6 Å². The Morgan fingerprint density at radius 3 is 1.54 bits per heavy atom. The second-order valence-corrected chi connectivity index (χ2v) is 6.79. The molecule has 0 saturated carbocycles. The summed E-state index contributed by atoms with van der Waals surface area (Å²) in [6.07, 6.45) is 5.41. The van der Waals surface area contributed by atoms with Gasteiger partial charge in [-0.15, -0.1) is 5.10 Å². The van der Waals surface area contributed by atoms with Crippen LogP contribution >= 0.6 is 0 Å². The van der Waals surface area contributed by atoms with Crippen LogP contribution < -0.4 is 42.8 Å². The van der Waals surface area contributed by atoms with Gasteiger partial charge in [-0.2, -0.15) is 15.3 Å². The monoisotopic (exact) mass is 392 g/mol. The zero-order chi connectivity index (χ0) is 19.3. The maximum Gasteiger partial charge on any atom is 0.257 e. The minimum Gasteiger partial charge on any atom is -0.314 e. The molecule has 0 aromatic carbocycles. The van der Waals surface area contributed by atoms with Crippen molar-refractivity contribution in [3.63, 3.8) is 0 Å². The molecule has 28 heavy (non-hydrogen) atoms. The second-order valence-electron chi connectivity index (χ2n) is 6.79. The van der Waals surface area contributed by atoms with Gasteiger partial charge in [0.15, 0.2) is 0 Å². The van der Waals surface area contributed by atoms with Crippen LogP contribution in [-0.4, -0.2) is 102 Å². The smallest absolute Gasteiger partial charge is 0.257 e. The Hall–Kier alpha value is -1.96. The lowest BCUT2D eigenvalue weighted by molar-refractivity contribution is 0.491. The van der Waals surface area contributed by atoms with Crippen LogP contribution in [0.1, 0.15) is 0 Å². The molecular formula is C16H32N12. The number of nitrogens with zero attached hydrogens (tertiary/aromatic N) is 4. The van der Waals surface area contributed by atoms with Crippen molar-refractivity contribution in [1.29, 1.82) is 0 Å². The number of nitrogens with one attached hydrogen (secondary N) is 8. The first-order valence-electron chi connectivity index (χ1n) is 9.92. The number of hydrogen-bond donors (Lipinski definition) is 8. The highest BCUT2D eigenvalue weighted by Crippen LogP contribution is 1.86. The minimum absolute atomic E-state index is 0.167. The molecule has 0 spiro atoms. The summed E-state index contributed by atoms with van der Waals surface area (Å²) in [6, 6.07) is 0.537. The third kappa shape index (κ3) is 7.96. The molecule has 3 atom stereocenters. The Bertz CT molecular complexity index is 510. The first-order valence-corrected chi connectivity index (χ1v) is 9.92. The van der Waals surface area contributed by atoms with Crippen LogP contribution in [0.3, 0.4) is 0 Å². The van der Waals surface area contributed by atoms with Crippen LogP contribution in [0.4, 0.5) is 0 Å². The molecule has 0 amide bonds. The van der Waals surface area contributed by atoms with E-state index < -0.39 is 0 Å². The van der Waals surface area contributed by atoms with E-state index in [9.17, 15) is 0 Å². The molecule has 3 saturated heterocycles. The number of guanidine groups is 1. The van der Waals surface area contributed by atoms with Crippen LogP contribution in [0.15, 0.2) is 20.4 Å². The number of hydrogen-bond acceptors (Lipinski definition) is 10. The van der Waals surface area contributed by atoms with Crippen molar-refractivity contribution in [2.24, 2.45) is 20.4 Å². The molecule has 3 heterocycles. The Morgan fingerprint density at radius 2 is 1.11 bits per heavy atom. The summed E-state index contributed by atoms with van der Waals surface area (Å²) in [6.45, 7) is 8.23. The largest absolute Gasteiger partial charge is 0.314 e. The minimum atomic E-state index is 0.167. The van der Waals surface area contributed by atoms with E-state index in [0.29, 0.717) is 5.96 Å². The van der Waals surface area contributed by atoms with Crippen LogP contribution in [0.2, 0.25) is 0 Å². The molecule has 0 aromatic rings. The Balaban J connectivity index is 1.52. The van der Waals surface area contributed by atoms with Gasteiger partial charge in [0.25, 0.3) is 5.96 Å². The molecule has 0 aliphatic carbocycles. The molecule has 3 fully saturated rings. The second kappa shape index (κ2) is 12.5. The molecule has 0 unspecified atom stereocenters. The summed E-state index contributed by atoms with van der Waals surface area (Å²) in [5, 5.41) is 36.9. The number of piperazine rings is 3. The summed E-state index contributed by atoms with van der Waals surface area (Å²) in [7, 11) is 0. The van der Waals surface area contributed by atoms with Gasteiger partial charge < -0.3 is 31.9 Å². The van der Waals surface area contributed by atoms with Crippen LogP contribution in [0, 0.1) is 0 Å². The number of hydrazone groups is 2. The summed E-state index contributed by atoms with van der Waals surface area (Å²) >= 11 is 0. The van der Waals surface area contributed by atoms with E-state index in [-0.39, 0.29) is 18.1 Å². The maximum absolute atomic E-state index is 4.25. The van der Waals surface area contributed by atoms with Gasteiger partial charge in [0, 0.05) is 77.5 Å². The first kappa shape index (κ1) is 20.8. The third-order valence-electron chi connectivity index (χ3n) is 4.47. The van der Waals surface area contributed by atoms with E-state index in [1.54, 1.807) is 6.21 Å². The highest BCUT2D eigenvalue weighted by Gasteiger charge is 2.10. The summed E-state index contributed by atoms with van der Waals surface area (Å²) in [5.41, 5.74) is 5.77. The Labute approximate surface area is 165 Å². The quantitative estimate of drug-likeness (QED) is 0.130. The van der Waals surface area contributed by atoms with Gasteiger partial charge >= 0.3 is 0 Å². The SMILES string of the molecule is C(=N\N=C(N/N=C/[C@@H]1CNCCN1)N/N=C/[C@@H]1CNCCN1)/[C@@H]1CNCCN1. The van der Waals surface area contributed by atoms with Gasteiger partial charge in [0.1, 0.15) is 0 Å².